The highest BCUT2D eigenvalue weighted by Gasteiger charge is 2.22. The summed E-state index contributed by atoms with van der Waals surface area (Å²) in [6.07, 6.45) is 2.10. The average Bonchev–Trinajstić information content (AvgIpc) is 3.09. The standard InChI is InChI=1S/C13H14N4O3/c1-8-7-9(4-5-11(8)17(18)19)13-15-12(16-20-13)10-3-2-6-14-10/h4-5,7,10,14H,2-3,6H2,1H3. The molecule has 1 aliphatic rings. The zero-order valence-corrected chi connectivity index (χ0v) is 11.0. The van der Waals surface area contributed by atoms with Crippen LogP contribution in [0.3, 0.4) is 0 Å². The van der Waals surface area contributed by atoms with Crippen molar-refractivity contribution in [3.8, 4) is 11.5 Å². The van der Waals surface area contributed by atoms with Crippen molar-refractivity contribution < 1.29 is 9.45 Å². The van der Waals surface area contributed by atoms with Crippen LogP contribution in [0.1, 0.15) is 30.3 Å². The largest absolute Gasteiger partial charge is 0.334 e. The van der Waals surface area contributed by atoms with E-state index in [0.717, 1.165) is 19.4 Å². The van der Waals surface area contributed by atoms with E-state index in [1.54, 1.807) is 19.1 Å². The highest BCUT2D eigenvalue weighted by molar-refractivity contribution is 5.58. The van der Waals surface area contributed by atoms with Gasteiger partial charge in [0.15, 0.2) is 5.82 Å². The minimum atomic E-state index is -0.402. The second kappa shape index (κ2) is 5.01. The van der Waals surface area contributed by atoms with Gasteiger partial charge >= 0.3 is 0 Å². The number of aryl methyl sites for hydroxylation is 1. The van der Waals surface area contributed by atoms with E-state index in [9.17, 15) is 10.1 Å². The van der Waals surface area contributed by atoms with Gasteiger partial charge in [-0.25, -0.2) is 0 Å². The molecule has 0 saturated carbocycles. The van der Waals surface area contributed by atoms with Crippen LogP contribution >= 0.6 is 0 Å². The molecule has 2 aromatic rings. The Morgan fingerprint density at radius 1 is 1.50 bits per heavy atom. The molecule has 1 unspecified atom stereocenters. The van der Waals surface area contributed by atoms with Gasteiger partial charge in [-0.05, 0) is 38.4 Å². The minimum Gasteiger partial charge on any atom is -0.334 e. The Morgan fingerprint density at radius 2 is 2.35 bits per heavy atom. The van der Waals surface area contributed by atoms with E-state index in [0.29, 0.717) is 22.8 Å². The molecule has 3 rings (SSSR count). The maximum Gasteiger partial charge on any atom is 0.272 e. The molecule has 7 heteroatoms. The number of nitrogens with zero attached hydrogens (tertiary/aromatic N) is 3. The van der Waals surface area contributed by atoms with Gasteiger partial charge in [-0.1, -0.05) is 5.16 Å². The lowest BCUT2D eigenvalue weighted by Gasteiger charge is -2.01. The van der Waals surface area contributed by atoms with Gasteiger partial charge in [0.1, 0.15) is 0 Å². The third-order valence-corrected chi connectivity index (χ3v) is 3.45. The summed E-state index contributed by atoms with van der Waals surface area (Å²) >= 11 is 0. The fourth-order valence-electron chi connectivity index (χ4n) is 2.39. The zero-order chi connectivity index (χ0) is 14.1. The number of aromatic nitrogens is 2. The van der Waals surface area contributed by atoms with Crippen molar-refractivity contribution in [2.45, 2.75) is 25.8 Å². The van der Waals surface area contributed by atoms with Crippen molar-refractivity contribution in [1.29, 1.82) is 0 Å². The highest BCUT2D eigenvalue weighted by atomic mass is 16.6. The summed E-state index contributed by atoms with van der Waals surface area (Å²) in [5.74, 6) is 1.04. The van der Waals surface area contributed by atoms with Gasteiger partial charge in [0.2, 0.25) is 0 Å². The van der Waals surface area contributed by atoms with Crippen LogP contribution in [0, 0.1) is 17.0 Å². The van der Waals surface area contributed by atoms with Crippen molar-refractivity contribution in [2.75, 3.05) is 6.54 Å². The predicted octanol–water partition coefficient (Wildman–Crippen LogP) is 2.38. The summed E-state index contributed by atoms with van der Waals surface area (Å²) in [7, 11) is 0. The fraction of sp³-hybridized carbons (Fsp3) is 0.385. The number of nitrogens with one attached hydrogen (secondary N) is 1. The molecular weight excluding hydrogens is 260 g/mol. The molecule has 0 radical (unpaired) electrons. The van der Waals surface area contributed by atoms with Gasteiger partial charge < -0.3 is 9.84 Å². The lowest BCUT2D eigenvalue weighted by atomic mass is 10.1. The van der Waals surface area contributed by atoms with E-state index in [1.165, 1.54) is 6.07 Å². The molecule has 0 amide bonds. The molecule has 104 valence electrons. The average molecular weight is 274 g/mol. The Balaban J connectivity index is 1.89. The van der Waals surface area contributed by atoms with E-state index >= 15 is 0 Å². The van der Waals surface area contributed by atoms with E-state index in [-0.39, 0.29) is 11.7 Å². The van der Waals surface area contributed by atoms with Gasteiger partial charge in [0.05, 0.1) is 11.0 Å². The molecule has 0 bridgehead atoms. The van der Waals surface area contributed by atoms with Crippen molar-refractivity contribution in [3.63, 3.8) is 0 Å². The van der Waals surface area contributed by atoms with Crippen LogP contribution in [0.5, 0.6) is 0 Å². The monoisotopic (exact) mass is 274 g/mol. The van der Waals surface area contributed by atoms with Crippen LogP contribution in [0.25, 0.3) is 11.5 Å². The molecule has 1 aliphatic heterocycles. The SMILES string of the molecule is Cc1cc(-c2nc(C3CCCN3)no2)ccc1[N+](=O)[O-]. The molecule has 1 fully saturated rings. The van der Waals surface area contributed by atoms with E-state index in [1.807, 2.05) is 0 Å². The summed E-state index contributed by atoms with van der Waals surface area (Å²) in [6, 6.07) is 4.93. The summed E-state index contributed by atoms with van der Waals surface area (Å²) in [6.45, 7) is 2.66. The highest BCUT2D eigenvalue weighted by Crippen LogP contribution is 2.27. The minimum absolute atomic E-state index is 0.0888. The quantitative estimate of drug-likeness (QED) is 0.682. The van der Waals surface area contributed by atoms with Crippen LogP contribution < -0.4 is 5.32 Å². The first kappa shape index (κ1) is 12.7. The number of benzene rings is 1. The molecule has 1 aromatic carbocycles. The molecule has 1 N–H and O–H groups in total. The van der Waals surface area contributed by atoms with Gasteiger partial charge in [-0.15, -0.1) is 0 Å². The number of nitro benzene ring substituents is 1. The molecule has 1 saturated heterocycles. The summed E-state index contributed by atoms with van der Waals surface area (Å²) in [5, 5.41) is 18.1. The van der Waals surface area contributed by atoms with E-state index in [4.69, 9.17) is 4.52 Å². The number of rotatable bonds is 3. The maximum absolute atomic E-state index is 10.8. The van der Waals surface area contributed by atoms with Crippen LogP contribution in [0.4, 0.5) is 5.69 Å². The molecule has 1 aromatic heterocycles. The number of nitro groups is 1. The third-order valence-electron chi connectivity index (χ3n) is 3.45. The van der Waals surface area contributed by atoms with Gasteiger partial charge in [0.25, 0.3) is 11.6 Å². The van der Waals surface area contributed by atoms with Gasteiger partial charge in [-0.2, -0.15) is 4.98 Å². The molecule has 1 atom stereocenters. The van der Waals surface area contributed by atoms with Gasteiger partial charge in [-0.3, -0.25) is 10.1 Å². The first-order chi connectivity index (χ1) is 9.65. The Hall–Kier alpha value is -2.28. The normalized spacial score (nSPS) is 18.4. The Labute approximate surface area is 115 Å². The summed E-state index contributed by atoms with van der Waals surface area (Å²) < 4.78 is 5.25. The fourth-order valence-corrected chi connectivity index (χ4v) is 2.39. The zero-order valence-electron chi connectivity index (χ0n) is 11.0. The van der Waals surface area contributed by atoms with E-state index < -0.39 is 4.92 Å². The topological polar surface area (TPSA) is 94.1 Å². The first-order valence-electron chi connectivity index (χ1n) is 6.47. The molecule has 0 aliphatic carbocycles. The summed E-state index contributed by atoms with van der Waals surface area (Å²) in [4.78, 5) is 14.8. The van der Waals surface area contributed by atoms with Crippen molar-refractivity contribution in [2.24, 2.45) is 0 Å². The molecular formula is C13H14N4O3. The lowest BCUT2D eigenvalue weighted by Crippen LogP contribution is -2.14. The van der Waals surface area contributed by atoms with Crippen LogP contribution in [0.15, 0.2) is 22.7 Å². The number of hydrogen-bond donors (Lipinski definition) is 1. The summed E-state index contributed by atoms with van der Waals surface area (Å²) in [5.41, 5.74) is 1.36. The molecule has 0 spiro atoms. The van der Waals surface area contributed by atoms with Crippen molar-refractivity contribution >= 4 is 5.69 Å². The third kappa shape index (κ3) is 2.27. The maximum atomic E-state index is 10.8. The van der Waals surface area contributed by atoms with Gasteiger partial charge in [0, 0.05) is 17.2 Å². The van der Waals surface area contributed by atoms with Crippen LogP contribution in [-0.4, -0.2) is 21.6 Å². The Morgan fingerprint density at radius 3 is 3.00 bits per heavy atom. The van der Waals surface area contributed by atoms with Crippen LogP contribution in [0.2, 0.25) is 0 Å². The van der Waals surface area contributed by atoms with Crippen LogP contribution in [-0.2, 0) is 0 Å². The second-order valence-electron chi connectivity index (χ2n) is 4.87. The van der Waals surface area contributed by atoms with Crippen molar-refractivity contribution in [3.05, 3.63) is 39.7 Å². The first-order valence-corrected chi connectivity index (χ1v) is 6.47. The lowest BCUT2D eigenvalue weighted by molar-refractivity contribution is -0.385. The Bertz CT molecular complexity index is 647. The van der Waals surface area contributed by atoms with Crippen molar-refractivity contribution in [1.82, 2.24) is 15.5 Å². The Kier molecular flexibility index (Phi) is 3.19. The smallest absolute Gasteiger partial charge is 0.272 e. The number of hydrogen-bond acceptors (Lipinski definition) is 6. The molecule has 2 heterocycles. The molecule has 7 nitrogen and oxygen atoms in total. The second-order valence-corrected chi connectivity index (χ2v) is 4.87. The molecule has 20 heavy (non-hydrogen) atoms. The predicted molar refractivity (Wildman–Crippen MR) is 71.1 cm³/mol. The van der Waals surface area contributed by atoms with E-state index in [2.05, 4.69) is 15.5 Å².